The first kappa shape index (κ1) is 13.0. The zero-order chi connectivity index (χ0) is 13.2. The zero-order valence-electron chi connectivity index (χ0n) is 11.3. The number of aromatic nitrogens is 1. The molecule has 18 heavy (non-hydrogen) atoms. The lowest BCUT2D eigenvalue weighted by atomic mass is 10.0. The molecule has 1 fully saturated rings. The van der Waals surface area contributed by atoms with Gasteiger partial charge in [-0.15, -0.1) is 0 Å². The lowest BCUT2D eigenvalue weighted by Gasteiger charge is -2.33. The van der Waals surface area contributed by atoms with Gasteiger partial charge in [0.25, 0.3) is 0 Å². The molecule has 2 rings (SSSR count). The van der Waals surface area contributed by atoms with E-state index in [-0.39, 0.29) is 11.9 Å². The number of amides is 1. The molecule has 0 bridgehead atoms. The molecular weight excluding hydrogens is 226 g/mol. The number of carbonyl (C=O) groups excluding carboxylic acids is 1. The van der Waals surface area contributed by atoms with Crippen molar-refractivity contribution >= 4 is 5.91 Å². The highest BCUT2D eigenvalue weighted by molar-refractivity contribution is 5.86. The normalized spacial score (nSPS) is 20.2. The Labute approximate surface area is 108 Å². The fourth-order valence-electron chi connectivity index (χ4n) is 2.41. The summed E-state index contributed by atoms with van der Waals surface area (Å²) < 4.78 is 0. The molecule has 98 valence electrons. The van der Waals surface area contributed by atoms with Gasteiger partial charge in [-0.1, -0.05) is 0 Å². The molecule has 1 amide bonds. The number of likely N-dealkylation sites (N-methyl/N-ethyl adjacent to an activating group) is 1. The molecule has 2 heterocycles. The molecule has 0 saturated carbocycles. The van der Waals surface area contributed by atoms with Crippen molar-refractivity contribution in [3.05, 3.63) is 30.1 Å². The predicted octanol–water partition coefficient (Wildman–Crippen LogP) is 1.74. The fraction of sp³-hybridized carbons (Fsp3) is 0.571. The molecule has 4 heteroatoms. The Hall–Kier alpha value is -1.42. The molecule has 0 aliphatic carbocycles. The summed E-state index contributed by atoms with van der Waals surface area (Å²) in [7, 11) is 1.83. The van der Waals surface area contributed by atoms with E-state index in [1.54, 1.807) is 12.4 Å². The molecule has 0 aromatic carbocycles. The smallest absolute Gasteiger partial charge is 0.242 e. The van der Waals surface area contributed by atoms with Crippen molar-refractivity contribution in [1.29, 1.82) is 0 Å². The number of rotatable bonds is 3. The van der Waals surface area contributed by atoms with Crippen LogP contribution < -0.4 is 5.32 Å². The molecule has 1 N–H and O–H groups in total. The van der Waals surface area contributed by atoms with E-state index in [1.807, 2.05) is 37.9 Å². The third-order valence-electron chi connectivity index (χ3n) is 3.76. The lowest BCUT2D eigenvalue weighted by molar-refractivity contribution is -0.137. The van der Waals surface area contributed by atoms with Crippen LogP contribution in [-0.4, -0.2) is 34.9 Å². The van der Waals surface area contributed by atoms with Crippen LogP contribution >= 0.6 is 0 Å². The number of nitrogens with zero attached hydrogens (tertiary/aromatic N) is 2. The molecule has 1 unspecified atom stereocenters. The van der Waals surface area contributed by atoms with Crippen LogP contribution in [0.2, 0.25) is 0 Å². The number of hydrogen-bond donors (Lipinski definition) is 1. The van der Waals surface area contributed by atoms with Crippen molar-refractivity contribution in [3.63, 3.8) is 0 Å². The minimum Gasteiger partial charge on any atom is -0.334 e. The molecule has 0 spiro atoms. The zero-order valence-corrected chi connectivity index (χ0v) is 11.3. The molecular formula is C14H21N3O. The van der Waals surface area contributed by atoms with Crippen LogP contribution in [0.4, 0.5) is 0 Å². The van der Waals surface area contributed by atoms with Crippen LogP contribution in [0, 0.1) is 0 Å². The van der Waals surface area contributed by atoms with Gasteiger partial charge in [0.1, 0.15) is 0 Å². The Balaban J connectivity index is 2.21. The van der Waals surface area contributed by atoms with Crippen molar-refractivity contribution in [2.45, 2.75) is 38.3 Å². The van der Waals surface area contributed by atoms with E-state index in [2.05, 4.69) is 10.3 Å². The Morgan fingerprint density at radius 2 is 2.11 bits per heavy atom. The highest BCUT2D eigenvalue weighted by atomic mass is 16.2. The van der Waals surface area contributed by atoms with Gasteiger partial charge in [-0.05, 0) is 51.4 Å². The molecule has 1 aliphatic rings. The molecule has 1 aromatic heterocycles. The maximum Gasteiger partial charge on any atom is 0.242 e. The van der Waals surface area contributed by atoms with Crippen molar-refractivity contribution in [2.75, 3.05) is 13.6 Å². The van der Waals surface area contributed by atoms with Gasteiger partial charge in [0.15, 0.2) is 0 Å². The van der Waals surface area contributed by atoms with Crippen molar-refractivity contribution in [3.8, 4) is 0 Å². The summed E-state index contributed by atoms with van der Waals surface area (Å²) in [4.78, 5) is 18.6. The highest BCUT2D eigenvalue weighted by Gasteiger charge is 2.37. The van der Waals surface area contributed by atoms with Crippen LogP contribution in [-0.2, 0) is 4.79 Å². The quantitative estimate of drug-likeness (QED) is 0.885. The first-order chi connectivity index (χ1) is 8.56. The fourth-order valence-corrected chi connectivity index (χ4v) is 2.41. The number of nitrogens with one attached hydrogen (secondary N) is 1. The van der Waals surface area contributed by atoms with E-state index in [0.29, 0.717) is 0 Å². The van der Waals surface area contributed by atoms with Crippen LogP contribution in [0.15, 0.2) is 24.5 Å². The van der Waals surface area contributed by atoms with Gasteiger partial charge in [-0.25, -0.2) is 0 Å². The maximum absolute atomic E-state index is 12.5. The molecule has 0 radical (unpaired) electrons. The Kier molecular flexibility index (Phi) is 3.66. The summed E-state index contributed by atoms with van der Waals surface area (Å²) in [6.45, 7) is 4.70. The van der Waals surface area contributed by atoms with Crippen molar-refractivity contribution in [2.24, 2.45) is 0 Å². The lowest BCUT2D eigenvalue weighted by Crippen LogP contribution is -2.52. The Morgan fingerprint density at radius 1 is 1.44 bits per heavy atom. The van der Waals surface area contributed by atoms with Gasteiger partial charge in [-0.2, -0.15) is 0 Å². The van der Waals surface area contributed by atoms with Gasteiger partial charge in [0, 0.05) is 18.9 Å². The van der Waals surface area contributed by atoms with Crippen LogP contribution in [0.3, 0.4) is 0 Å². The topological polar surface area (TPSA) is 45.2 Å². The Morgan fingerprint density at radius 3 is 2.72 bits per heavy atom. The minimum absolute atomic E-state index is 0.171. The third-order valence-corrected chi connectivity index (χ3v) is 3.76. The summed E-state index contributed by atoms with van der Waals surface area (Å²) in [5.41, 5.74) is 0.679. The van der Waals surface area contributed by atoms with Crippen LogP contribution in [0.5, 0.6) is 0 Å². The summed E-state index contributed by atoms with van der Waals surface area (Å²) in [5, 5.41) is 3.09. The van der Waals surface area contributed by atoms with Gasteiger partial charge in [0.05, 0.1) is 11.6 Å². The Bertz CT molecular complexity index is 416. The second-order valence-electron chi connectivity index (χ2n) is 5.31. The monoisotopic (exact) mass is 247 g/mol. The van der Waals surface area contributed by atoms with Gasteiger partial charge in [-0.3, -0.25) is 9.78 Å². The first-order valence-corrected chi connectivity index (χ1v) is 6.46. The largest absolute Gasteiger partial charge is 0.334 e. The summed E-state index contributed by atoms with van der Waals surface area (Å²) in [6.07, 6.45) is 5.69. The standard InChI is InChI=1S/C14H21N3O/c1-14(2,15-3)13(18)17-10-4-5-12(17)11-6-8-16-9-7-11/h6-9,12,15H,4-5,10H2,1-3H3. The SMILES string of the molecule is CNC(C)(C)C(=O)N1CCCC1c1ccncc1. The summed E-state index contributed by atoms with van der Waals surface area (Å²) in [5.74, 6) is 0.171. The van der Waals surface area contributed by atoms with Gasteiger partial charge in [0.2, 0.25) is 5.91 Å². The third kappa shape index (κ3) is 2.38. The second-order valence-corrected chi connectivity index (χ2v) is 5.31. The van der Waals surface area contributed by atoms with Crippen LogP contribution in [0.25, 0.3) is 0 Å². The molecule has 1 atom stereocenters. The highest BCUT2D eigenvalue weighted by Crippen LogP contribution is 2.33. The van der Waals surface area contributed by atoms with Crippen molar-refractivity contribution in [1.82, 2.24) is 15.2 Å². The van der Waals surface area contributed by atoms with E-state index >= 15 is 0 Å². The van der Waals surface area contributed by atoms with Crippen molar-refractivity contribution < 1.29 is 4.79 Å². The van der Waals surface area contributed by atoms with E-state index in [0.717, 1.165) is 19.4 Å². The number of hydrogen-bond acceptors (Lipinski definition) is 3. The number of carbonyl (C=O) groups is 1. The number of likely N-dealkylation sites (tertiary alicyclic amines) is 1. The molecule has 1 aromatic rings. The average molecular weight is 247 g/mol. The van der Waals surface area contributed by atoms with Crippen LogP contribution in [0.1, 0.15) is 38.3 Å². The van der Waals surface area contributed by atoms with E-state index in [4.69, 9.17) is 0 Å². The van der Waals surface area contributed by atoms with E-state index < -0.39 is 5.54 Å². The second kappa shape index (κ2) is 5.06. The molecule has 4 nitrogen and oxygen atoms in total. The maximum atomic E-state index is 12.5. The molecule has 1 aliphatic heterocycles. The van der Waals surface area contributed by atoms with Gasteiger partial charge < -0.3 is 10.2 Å². The average Bonchev–Trinajstić information content (AvgIpc) is 2.87. The predicted molar refractivity (Wildman–Crippen MR) is 71.1 cm³/mol. The summed E-state index contributed by atoms with van der Waals surface area (Å²) in [6, 6.07) is 4.21. The summed E-state index contributed by atoms with van der Waals surface area (Å²) >= 11 is 0. The molecule has 1 saturated heterocycles. The number of pyridine rings is 1. The van der Waals surface area contributed by atoms with Gasteiger partial charge >= 0.3 is 0 Å². The van der Waals surface area contributed by atoms with E-state index in [1.165, 1.54) is 5.56 Å². The first-order valence-electron chi connectivity index (χ1n) is 6.46. The minimum atomic E-state index is -0.504. The van der Waals surface area contributed by atoms with E-state index in [9.17, 15) is 4.79 Å².